The molecule has 4 aromatic rings. The van der Waals surface area contributed by atoms with Gasteiger partial charge in [-0.3, -0.25) is 19.7 Å². The molecule has 0 spiro atoms. The lowest BCUT2D eigenvalue weighted by Crippen LogP contribution is -2.46. The summed E-state index contributed by atoms with van der Waals surface area (Å²) in [5.74, 6) is -0.538. The lowest BCUT2D eigenvalue weighted by molar-refractivity contribution is -0.385. The third-order valence-corrected chi connectivity index (χ3v) is 6.74. The molecule has 1 atom stereocenters. The van der Waals surface area contributed by atoms with Crippen molar-refractivity contribution in [3.05, 3.63) is 135 Å². The van der Waals surface area contributed by atoms with Gasteiger partial charge in [0.2, 0.25) is 5.91 Å². The third-order valence-electron chi connectivity index (χ3n) is 6.74. The summed E-state index contributed by atoms with van der Waals surface area (Å²) in [6, 6.07) is 30.1. The molecule has 0 saturated heterocycles. The van der Waals surface area contributed by atoms with Gasteiger partial charge in [-0.15, -0.1) is 0 Å². The van der Waals surface area contributed by atoms with Gasteiger partial charge in [-0.1, -0.05) is 78.9 Å². The second-order valence-corrected chi connectivity index (χ2v) is 9.14. The Kier molecular flexibility index (Phi) is 6.86. The van der Waals surface area contributed by atoms with Crippen LogP contribution >= 0.6 is 0 Å². The summed E-state index contributed by atoms with van der Waals surface area (Å²) in [6.45, 7) is 1.92. The fourth-order valence-corrected chi connectivity index (χ4v) is 4.71. The fraction of sp³-hybridized carbons (Fsp3) is 0.133. The lowest BCUT2D eigenvalue weighted by atomic mass is 9.98. The number of nitrogens with one attached hydrogen (secondary N) is 2. The number of carbonyl (C=O) groups excluding carboxylic acids is 2. The van der Waals surface area contributed by atoms with Crippen LogP contribution in [0, 0.1) is 10.1 Å². The van der Waals surface area contributed by atoms with Crippen LogP contribution in [-0.2, 0) is 11.3 Å². The monoisotopic (exact) mass is 506 g/mol. The topological polar surface area (TPSA) is 105 Å². The summed E-state index contributed by atoms with van der Waals surface area (Å²) in [7, 11) is 0. The molecular weight excluding hydrogens is 480 g/mol. The second kappa shape index (κ2) is 10.6. The molecule has 0 fully saturated rings. The number of nitro groups is 1. The van der Waals surface area contributed by atoms with Gasteiger partial charge in [0.15, 0.2) is 0 Å². The van der Waals surface area contributed by atoms with Crippen LogP contribution in [0.15, 0.2) is 103 Å². The van der Waals surface area contributed by atoms with Gasteiger partial charge in [-0.05, 0) is 36.2 Å². The maximum Gasteiger partial charge on any atom is 0.274 e. The summed E-state index contributed by atoms with van der Waals surface area (Å²) >= 11 is 0. The first-order chi connectivity index (χ1) is 18.4. The zero-order valence-electron chi connectivity index (χ0n) is 20.7. The Morgan fingerprint density at radius 2 is 1.55 bits per heavy atom. The number of nitrogens with zero attached hydrogens (tertiary/aromatic N) is 2. The van der Waals surface area contributed by atoms with Crippen molar-refractivity contribution in [2.24, 2.45) is 0 Å². The molecule has 5 rings (SSSR count). The van der Waals surface area contributed by atoms with Crippen LogP contribution in [0.2, 0.25) is 0 Å². The van der Waals surface area contributed by atoms with Gasteiger partial charge >= 0.3 is 0 Å². The van der Waals surface area contributed by atoms with Crippen molar-refractivity contribution in [2.45, 2.75) is 25.6 Å². The summed E-state index contributed by atoms with van der Waals surface area (Å²) in [5.41, 5.74) is 3.95. The van der Waals surface area contributed by atoms with Crippen molar-refractivity contribution in [1.82, 2.24) is 5.32 Å². The van der Waals surface area contributed by atoms with Crippen molar-refractivity contribution < 1.29 is 14.5 Å². The quantitative estimate of drug-likeness (QED) is 0.256. The van der Waals surface area contributed by atoms with E-state index in [9.17, 15) is 19.7 Å². The molecule has 1 aliphatic rings. The molecule has 0 unspecified atom stereocenters. The van der Waals surface area contributed by atoms with Crippen LogP contribution in [0.1, 0.15) is 40.0 Å². The summed E-state index contributed by atoms with van der Waals surface area (Å²) in [4.78, 5) is 39.2. The minimum Gasteiger partial charge on any atom is -0.353 e. The van der Waals surface area contributed by atoms with E-state index in [1.54, 1.807) is 43.3 Å². The van der Waals surface area contributed by atoms with Crippen LogP contribution in [0.4, 0.5) is 17.1 Å². The van der Waals surface area contributed by atoms with Crippen LogP contribution in [0.3, 0.4) is 0 Å². The van der Waals surface area contributed by atoms with E-state index in [0.29, 0.717) is 22.5 Å². The molecule has 2 amide bonds. The van der Waals surface area contributed by atoms with Crippen LogP contribution in [-0.4, -0.2) is 22.8 Å². The van der Waals surface area contributed by atoms with Crippen LogP contribution < -0.4 is 15.5 Å². The molecule has 0 radical (unpaired) electrons. The molecule has 38 heavy (non-hydrogen) atoms. The van der Waals surface area contributed by atoms with Crippen LogP contribution in [0.25, 0.3) is 0 Å². The third kappa shape index (κ3) is 4.97. The molecule has 4 aromatic carbocycles. The van der Waals surface area contributed by atoms with E-state index in [4.69, 9.17) is 0 Å². The minimum atomic E-state index is -0.553. The predicted octanol–water partition coefficient (Wildman–Crippen LogP) is 5.46. The highest BCUT2D eigenvalue weighted by atomic mass is 16.6. The average molecular weight is 507 g/mol. The standard InChI is InChI=1S/C30H26N4O4/c1-20-29(35)31-25-18-23(16-17-27(25)33(20)19-24-14-8-9-15-26(24)34(37)38)30(36)32-28(21-10-4-2-5-11-21)22-12-6-3-7-13-22/h2-18,20,28H,19H2,1H3,(H,31,35)(H,32,36)/t20-/m0/s1. The molecule has 8 heteroatoms. The van der Waals surface area contributed by atoms with Gasteiger partial charge in [-0.25, -0.2) is 0 Å². The molecule has 2 N–H and O–H groups in total. The molecule has 1 heterocycles. The van der Waals surface area contributed by atoms with E-state index in [-0.39, 0.29) is 30.1 Å². The number of hydrogen-bond acceptors (Lipinski definition) is 5. The van der Waals surface area contributed by atoms with E-state index in [2.05, 4.69) is 10.6 Å². The van der Waals surface area contributed by atoms with Crippen LogP contribution in [0.5, 0.6) is 0 Å². The Morgan fingerprint density at radius 3 is 2.18 bits per heavy atom. The first-order valence-corrected chi connectivity index (χ1v) is 12.3. The van der Waals surface area contributed by atoms with Gasteiger partial charge in [0.25, 0.3) is 11.6 Å². The van der Waals surface area contributed by atoms with Gasteiger partial charge < -0.3 is 15.5 Å². The van der Waals surface area contributed by atoms with Crippen molar-refractivity contribution in [2.75, 3.05) is 10.2 Å². The number of anilines is 2. The largest absolute Gasteiger partial charge is 0.353 e. The number of benzene rings is 4. The molecule has 190 valence electrons. The van der Waals surface area contributed by atoms with E-state index in [1.165, 1.54) is 6.07 Å². The highest BCUT2D eigenvalue weighted by molar-refractivity contribution is 6.05. The first kappa shape index (κ1) is 24.7. The number of amides is 2. The van der Waals surface area contributed by atoms with Crippen molar-refractivity contribution in [1.29, 1.82) is 0 Å². The summed E-state index contributed by atoms with van der Waals surface area (Å²) < 4.78 is 0. The van der Waals surface area contributed by atoms with Gasteiger partial charge in [0.05, 0.1) is 28.9 Å². The summed E-state index contributed by atoms with van der Waals surface area (Å²) in [5, 5.41) is 17.5. The molecule has 0 aromatic heterocycles. The number of rotatable bonds is 7. The zero-order valence-corrected chi connectivity index (χ0v) is 20.7. The van der Waals surface area contributed by atoms with E-state index in [1.807, 2.05) is 65.6 Å². The van der Waals surface area contributed by atoms with Crippen molar-refractivity contribution in [3.63, 3.8) is 0 Å². The van der Waals surface area contributed by atoms with Gasteiger partial charge in [0, 0.05) is 17.2 Å². The Morgan fingerprint density at radius 1 is 0.947 bits per heavy atom. The smallest absolute Gasteiger partial charge is 0.274 e. The number of para-hydroxylation sites is 1. The van der Waals surface area contributed by atoms with E-state index >= 15 is 0 Å². The highest BCUT2D eigenvalue weighted by Crippen LogP contribution is 2.35. The number of fused-ring (bicyclic) bond motifs is 1. The number of nitro benzene ring substituents is 1. The Hall–Kier alpha value is -4.98. The molecule has 1 aliphatic heterocycles. The van der Waals surface area contributed by atoms with E-state index < -0.39 is 11.0 Å². The Labute approximate surface area is 220 Å². The molecule has 0 bridgehead atoms. The maximum atomic E-state index is 13.4. The van der Waals surface area contributed by atoms with Gasteiger partial charge in [0.1, 0.15) is 6.04 Å². The molecule has 0 saturated carbocycles. The summed E-state index contributed by atoms with van der Waals surface area (Å²) in [6.07, 6.45) is 0. The molecule has 8 nitrogen and oxygen atoms in total. The minimum absolute atomic E-state index is 0.00362. The lowest BCUT2D eigenvalue weighted by Gasteiger charge is -2.36. The SMILES string of the molecule is C[C@H]1C(=O)Nc2cc(C(=O)NC(c3ccccc3)c3ccccc3)ccc2N1Cc1ccccc1[N+](=O)[O-]. The number of carbonyl (C=O) groups is 2. The maximum absolute atomic E-state index is 13.4. The normalized spacial score (nSPS) is 14.5. The number of hydrogen-bond donors (Lipinski definition) is 2. The Balaban J connectivity index is 1.45. The Bertz CT molecular complexity index is 1450. The molecule has 0 aliphatic carbocycles. The van der Waals surface area contributed by atoms with Gasteiger partial charge in [-0.2, -0.15) is 0 Å². The first-order valence-electron chi connectivity index (χ1n) is 12.3. The van der Waals surface area contributed by atoms with Crippen molar-refractivity contribution >= 4 is 28.9 Å². The average Bonchev–Trinajstić information content (AvgIpc) is 2.94. The fourth-order valence-electron chi connectivity index (χ4n) is 4.71. The van der Waals surface area contributed by atoms with E-state index in [0.717, 1.165) is 11.1 Å². The predicted molar refractivity (Wildman–Crippen MR) is 146 cm³/mol. The molecular formula is C30H26N4O4. The van der Waals surface area contributed by atoms with Crippen molar-refractivity contribution in [3.8, 4) is 0 Å². The highest BCUT2D eigenvalue weighted by Gasteiger charge is 2.31. The zero-order chi connectivity index (χ0) is 26.6. The second-order valence-electron chi connectivity index (χ2n) is 9.14.